The zero-order chi connectivity index (χ0) is 48.1. The summed E-state index contributed by atoms with van der Waals surface area (Å²) in [6, 6.07) is 41.4. The Kier molecular flexibility index (Phi) is 16.5. The quantitative estimate of drug-likeness (QED) is 0.0709. The maximum Gasteiger partial charge on any atom is 0.314 e. The number of sulfonamides is 2. The van der Waals surface area contributed by atoms with Gasteiger partial charge in [0, 0.05) is 55.8 Å². The third-order valence-electron chi connectivity index (χ3n) is 10.9. The lowest BCUT2D eigenvalue weighted by molar-refractivity contribution is 0.115. The maximum atomic E-state index is 13.6. The van der Waals surface area contributed by atoms with Crippen LogP contribution in [0.2, 0.25) is 0 Å². The van der Waals surface area contributed by atoms with Crippen LogP contribution in [0.25, 0.3) is 22.9 Å². The summed E-state index contributed by atoms with van der Waals surface area (Å²) in [5.41, 5.74) is 4.76. The number of alkyl halides is 4. The highest BCUT2D eigenvalue weighted by atomic mass is 32.2. The molecule has 1 saturated heterocycles. The summed E-state index contributed by atoms with van der Waals surface area (Å²) in [6.07, 6.45) is -4.67. The number of rotatable bonds is 19. The van der Waals surface area contributed by atoms with Crippen molar-refractivity contribution in [1.82, 2.24) is 30.2 Å². The Morgan fingerprint density at radius 1 is 0.544 bits per heavy atom. The predicted octanol–water partition coefficient (Wildman–Crippen LogP) is 9.03. The summed E-state index contributed by atoms with van der Waals surface area (Å²) in [4.78, 5) is 4.65. The first-order valence-corrected chi connectivity index (χ1v) is 24.6. The molecule has 1 fully saturated rings. The van der Waals surface area contributed by atoms with Crippen LogP contribution in [-0.2, 0) is 39.6 Å². The Hall–Kier alpha value is -6.74. The molecule has 1 aliphatic rings. The third-order valence-corrected chi connectivity index (χ3v) is 14.0. The number of aromatic nitrogens is 4. The van der Waals surface area contributed by atoms with Gasteiger partial charge in [-0.3, -0.25) is 13.5 Å². The molecule has 0 saturated carbocycles. The lowest BCUT2D eigenvalue weighted by Gasteiger charge is -2.35. The second kappa shape index (κ2) is 22.8. The smallest absolute Gasteiger partial charge is 0.314 e. The Morgan fingerprint density at radius 2 is 0.956 bits per heavy atom. The highest BCUT2D eigenvalue weighted by Gasteiger charge is 2.26. The Bertz CT molecular complexity index is 2890. The molecule has 0 N–H and O–H groups in total. The molecular formula is C48H48F4N8O6S2. The Balaban J connectivity index is 0.000000220. The molecule has 14 nitrogen and oxygen atoms in total. The zero-order valence-electron chi connectivity index (χ0n) is 36.6. The van der Waals surface area contributed by atoms with E-state index in [-0.39, 0.29) is 30.6 Å². The molecule has 3 heterocycles. The van der Waals surface area contributed by atoms with E-state index in [1.165, 1.54) is 14.2 Å². The topological polar surface area (TPSA) is 159 Å². The van der Waals surface area contributed by atoms with E-state index >= 15 is 0 Å². The van der Waals surface area contributed by atoms with Gasteiger partial charge in [0.15, 0.2) is 0 Å². The van der Waals surface area contributed by atoms with Crippen LogP contribution in [-0.4, -0.2) is 92.1 Å². The normalized spacial score (nSPS) is 13.6. The van der Waals surface area contributed by atoms with E-state index < -0.39 is 44.7 Å². The van der Waals surface area contributed by atoms with Gasteiger partial charge in [0.1, 0.15) is 0 Å². The number of benzene rings is 5. The molecule has 20 heteroatoms. The highest BCUT2D eigenvalue weighted by Crippen LogP contribution is 2.28. The first kappa shape index (κ1) is 49.2. The number of hydrogen-bond acceptors (Lipinski definition) is 12. The van der Waals surface area contributed by atoms with E-state index in [1.807, 2.05) is 24.3 Å². The van der Waals surface area contributed by atoms with Gasteiger partial charge in [-0.05, 0) is 71.6 Å². The van der Waals surface area contributed by atoms with Crippen LogP contribution in [0.5, 0.6) is 0 Å². The van der Waals surface area contributed by atoms with Crippen molar-refractivity contribution in [3.63, 3.8) is 0 Å². The number of para-hydroxylation sites is 2. The zero-order valence-corrected chi connectivity index (χ0v) is 38.3. The van der Waals surface area contributed by atoms with Crippen LogP contribution in [0.15, 0.2) is 160 Å². The largest absolute Gasteiger partial charge is 0.415 e. The second-order valence-electron chi connectivity index (χ2n) is 15.5. The van der Waals surface area contributed by atoms with Crippen molar-refractivity contribution in [3.8, 4) is 22.9 Å². The highest BCUT2D eigenvalue weighted by molar-refractivity contribution is 7.95. The summed E-state index contributed by atoms with van der Waals surface area (Å²) in [6.45, 7) is 8.53. The number of nitrogens with zero attached hydrogens (tertiary/aromatic N) is 8. The summed E-state index contributed by atoms with van der Waals surface area (Å²) < 4.78 is 115. The second-order valence-corrected chi connectivity index (χ2v) is 19.3. The first-order valence-electron chi connectivity index (χ1n) is 21.4. The molecule has 8 rings (SSSR count). The molecule has 1 aliphatic heterocycles. The number of piperazine rings is 1. The molecule has 2 aromatic heterocycles. The van der Waals surface area contributed by atoms with Crippen LogP contribution < -0.4 is 8.61 Å². The SMILES string of the molecule is C=CS(=O)(=O)N(Cc1ccc(-c2nnc(C(F)F)o2)cc1)c1ccccc1.O=S(=O)(CCN1CCN(CCc2ccccc2)CC1)N(Cc1ccc(-c2nnc(C(F)F)o2)cc1)c1ccccc1. The van der Waals surface area contributed by atoms with Crippen LogP contribution in [0.1, 0.15) is 41.3 Å². The van der Waals surface area contributed by atoms with Gasteiger partial charge in [0.05, 0.1) is 30.2 Å². The molecule has 0 atom stereocenters. The number of halogens is 4. The van der Waals surface area contributed by atoms with Gasteiger partial charge < -0.3 is 13.7 Å². The van der Waals surface area contributed by atoms with Crippen molar-refractivity contribution < 1.29 is 43.2 Å². The fraction of sp³-hybridized carbons (Fsp3) is 0.250. The van der Waals surface area contributed by atoms with Crippen molar-refractivity contribution in [2.75, 3.05) is 53.6 Å². The van der Waals surface area contributed by atoms with Gasteiger partial charge in [0.25, 0.3) is 21.8 Å². The standard InChI is InChI=1S/C30H33F2N5O3S.C18H15F2N3O3S/c31-28(32)30-34-33-29(40-30)26-13-11-25(12-14-26)23-37(27-9-5-2-6-10-27)41(38,39)22-21-36-19-17-35(18-20-36)16-15-24-7-3-1-4-8-24;1-2-27(24,25)23(15-6-4-3-5-7-15)12-13-8-10-14(11-9-13)17-21-22-18(26-17)16(19)20/h1-14,28H,15-23H2;2-11,16H,1,12H2. The van der Waals surface area contributed by atoms with Gasteiger partial charge in [0.2, 0.25) is 21.8 Å². The fourth-order valence-corrected chi connectivity index (χ4v) is 9.62. The number of anilines is 2. The minimum Gasteiger partial charge on any atom is -0.415 e. The molecule has 7 aromatic rings. The molecule has 356 valence electrons. The summed E-state index contributed by atoms with van der Waals surface area (Å²) in [5, 5.41) is 14.8. The maximum absolute atomic E-state index is 13.6. The van der Waals surface area contributed by atoms with Gasteiger partial charge in [-0.25, -0.2) is 16.8 Å². The monoisotopic (exact) mass is 972 g/mol. The van der Waals surface area contributed by atoms with Gasteiger partial charge in [-0.2, -0.15) is 17.6 Å². The van der Waals surface area contributed by atoms with Gasteiger partial charge in [-0.1, -0.05) is 97.6 Å². The van der Waals surface area contributed by atoms with E-state index in [4.69, 9.17) is 8.83 Å². The molecule has 0 unspecified atom stereocenters. The predicted molar refractivity (Wildman–Crippen MR) is 251 cm³/mol. The van der Waals surface area contributed by atoms with Crippen LogP contribution in [0.3, 0.4) is 0 Å². The van der Waals surface area contributed by atoms with Crippen molar-refractivity contribution >= 4 is 31.4 Å². The lowest BCUT2D eigenvalue weighted by atomic mass is 10.1. The lowest BCUT2D eigenvalue weighted by Crippen LogP contribution is -2.48. The van der Waals surface area contributed by atoms with E-state index in [0.29, 0.717) is 34.6 Å². The average Bonchev–Trinajstić information content (AvgIpc) is 4.08. The molecule has 0 amide bonds. The van der Waals surface area contributed by atoms with E-state index in [2.05, 4.69) is 61.0 Å². The van der Waals surface area contributed by atoms with E-state index in [1.54, 1.807) is 91.0 Å². The molecule has 0 bridgehead atoms. The van der Waals surface area contributed by atoms with Crippen LogP contribution in [0, 0.1) is 0 Å². The van der Waals surface area contributed by atoms with Crippen LogP contribution >= 0.6 is 0 Å². The summed E-state index contributed by atoms with van der Waals surface area (Å²) in [5.74, 6) is -1.53. The number of hydrogen-bond donors (Lipinski definition) is 0. The van der Waals surface area contributed by atoms with E-state index in [0.717, 1.165) is 50.1 Å². The summed E-state index contributed by atoms with van der Waals surface area (Å²) in [7, 11) is -7.35. The van der Waals surface area contributed by atoms with E-state index in [9.17, 15) is 34.4 Å². The average molecular weight is 973 g/mol. The fourth-order valence-electron chi connectivity index (χ4n) is 7.20. The van der Waals surface area contributed by atoms with Crippen molar-refractivity contribution in [1.29, 1.82) is 0 Å². The molecular weight excluding hydrogens is 925 g/mol. The van der Waals surface area contributed by atoms with Gasteiger partial charge >= 0.3 is 12.9 Å². The minimum atomic E-state index is -3.71. The van der Waals surface area contributed by atoms with Crippen LogP contribution in [0.4, 0.5) is 28.9 Å². The molecule has 68 heavy (non-hydrogen) atoms. The molecule has 0 radical (unpaired) electrons. The van der Waals surface area contributed by atoms with Crippen molar-refractivity contribution in [3.05, 3.63) is 180 Å². The van der Waals surface area contributed by atoms with Crippen molar-refractivity contribution in [2.24, 2.45) is 0 Å². The Morgan fingerprint density at radius 3 is 1.38 bits per heavy atom. The first-order chi connectivity index (χ1) is 32.8. The third kappa shape index (κ3) is 13.2. The Labute approximate surface area is 392 Å². The molecule has 0 aliphatic carbocycles. The summed E-state index contributed by atoms with van der Waals surface area (Å²) >= 11 is 0. The minimum absolute atomic E-state index is 0.00236. The molecule has 0 spiro atoms. The van der Waals surface area contributed by atoms with Crippen molar-refractivity contribution in [2.45, 2.75) is 32.4 Å². The van der Waals surface area contributed by atoms with Gasteiger partial charge in [-0.15, -0.1) is 20.4 Å². The molecule has 5 aromatic carbocycles.